The highest BCUT2D eigenvalue weighted by molar-refractivity contribution is 5.94. The van der Waals surface area contributed by atoms with E-state index in [1.54, 1.807) is 6.92 Å². The highest BCUT2D eigenvalue weighted by atomic mass is 19.1. The summed E-state index contributed by atoms with van der Waals surface area (Å²) in [5, 5.41) is 18.5. The van der Waals surface area contributed by atoms with Crippen LogP contribution in [0.5, 0.6) is 0 Å². The number of carbonyl (C=O) groups excluding carboxylic acids is 1. The predicted octanol–water partition coefficient (Wildman–Crippen LogP) is 2.99. The van der Waals surface area contributed by atoms with E-state index in [0.717, 1.165) is 23.9 Å². The summed E-state index contributed by atoms with van der Waals surface area (Å²) >= 11 is 0. The van der Waals surface area contributed by atoms with Gasteiger partial charge in [0.2, 0.25) is 5.95 Å². The van der Waals surface area contributed by atoms with Crippen molar-refractivity contribution in [2.24, 2.45) is 11.0 Å². The summed E-state index contributed by atoms with van der Waals surface area (Å²) in [6, 6.07) is 4.55. The van der Waals surface area contributed by atoms with Gasteiger partial charge in [0.05, 0.1) is 23.1 Å². The van der Waals surface area contributed by atoms with Crippen molar-refractivity contribution in [2.75, 3.05) is 29.2 Å². The highest BCUT2D eigenvalue weighted by Gasteiger charge is 2.15. The average molecular weight is 400 g/mol. The summed E-state index contributed by atoms with van der Waals surface area (Å²) in [6.07, 6.45) is 3.31. The van der Waals surface area contributed by atoms with E-state index in [4.69, 9.17) is 11.0 Å². The van der Waals surface area contributed by atoms with Crippen LogP contribution in [0.2, 0.25) is 0 Å². The van der Waals surface area contributed by atoms with Gasteiger partial charge in [-0.3, -0.25) is 4.79 Å². The van der Waals surface area contributed by atoms with Crippen molar-refractivity contribution in [3.63, 3.8) is 0 Å². The number of aryl methyl sites for hydroxylation is 1. The van der Waals surface area contributed by atoms with Gasteiger partial charge in [-0.2, -0.15) is 10.2 Å². The molecule has 0 aliphatic rings. The minimum absolute atomic E-state index is 0.155. The smallest absolute Gasteiger partial charge is 0.251 e. The number of unbranched alkanes of at least 4 members (excludes halogenated alkanes) is 2. The SMILES string of the molecule is Cc1cc(C(N)=O)c(F)cc1Nc1ncc(N(C)N=O)c(NCCCCC#N)n1. The average Bonchev–Trinajstić information content (AvgIpc) is 2.69. The highest BCUT2D eigenvalue weighted by Crippen LogP contribution is 2.27. The zero-order valence-corrected chi connectivity index (χ0v) is 16.1. The number of nitrogens with zero attached hydrogens (tertiary/aromatic N) is 5. The largest absolute Gasteiger partial charge is 0.368 e. The molecule has 11 heteroatoms. The number of hydrogen-bond acceptors (Lipinski definition) is 8. The van der Waals surface area contributed by atoms with E-state index in [9.17, 15) is 14.1 Å². The van der Waals surface area contributed by atoms with E-state index >= 15 is 0 Å². The van der Waals surface area contributed by atoms with Crippen LogP contribution in [0.25, 0.3) is 0 Å². The Morgan fingerprint density at radius 2 is 2.17 bits per heavy atom. The number of nitrogens with two attached hydrogens (primary N) is 1. The Hall–Kier alpha value is -3.81. The molecule has 0 atom stereocenters. The van der Waals surface area contributed by atoms with Crippen LogP contribution in [0.3, 0.4) is 0 Å². The van der Waals surface area contributed by atoms with Gasteiger partial charge in [0, 0.05) is 25.7 Å². The van der Waals surface area contributed by atoms with Crippen LogP contribution >= 0.6 is 0 Å². The van der Waals surface area contributed by atoms with Gasteiger partial charge in [-0.15, -0.1) is 4.91 Å². The van der Waals surface area contributed by atoms with E-state index in [2.05, 4.69) is 32.0 Å². The van der Waals surface area contributed by atoms with E-state index < -0.39 is 11.7 Å². The molecule has 1 aromatic carbocycles. The monoisotopic (exact) mass is 400 g/mol. The number of carbonyl (C=O) groups is 1. The number of hydrogen-bond donors (Lipinski definition) is 3. The van der Waals surface area contributed by atoms with E-state index in [1.165, 1.54) is 19.3 Å². The van der Waals surface area contributed by atoms with Gasteiger partial charge >= 0.3 is 0 Å². The van der Waals surface area contributed by atoms with Gasteiger partial charge in [0.1, 0.15) is 11.5 Å². The van der Waals surface area contributed by atoms with Crippen LogP contribution < -0.4 is 21.4 Å². The molecule has 2 rings (SSSR count). The zero-order valence-electron chi connectivity index (χ0n) is 16.1. The fourth-order valence-corrected chi connectivity index (χ4v) is 2.51. The molecule has 152 valence electrons. The Bertz CT molecular complexity index is 944. The lowest BCUT2D eigenvalue weighted by Gasteiger charge is -2.16. The first-order valence-corrected chi connectivity index (χ1v) is 8.79. The Morgan fingerprint density at radius 1 is 1.41 bits per heavy atom. The van der Waals surface area contributed by atoms with Gasteiger partial charge in [-0.05, 0) is 37.5 Å². The summed E-state index contributed by atoms with van der Waals surface area (Å²) in [7, 11) is 1.46. The van der Waals surface area contributed by atoms with Crippen LogP contribution in [0, 0.1) is 29.0 Å². The third-order valence-corrected chi connectivity index (χ3v) is 4.07. The Balaban J connectivity index is 2.26. The molecule has 4 N–H and O–H groups in total. The van der Waals surface area contributed by atoms with Crippen LogP contribution in [0.15, 0.2) is 23.6 Å². The molecule has 0 radical (unpaired) electrons. The van der Waals surface area contributed by atoms with Crippen molar-refractivity contribution < 1.29 is 9.18 Å². The third kappa shape index (κ3) is 5.58. The van der Waals surface area contributed by atoms with Crippen molar-refractivity contribution in [3.05, 3.63) is 40.2 Å². The zero-order chi connectivity index (χ0) is 21.4. The third-order valence-electron chi connectivity index (χ3n) is 4.07. The molecule has 0 bridgehead atoms. The summed E-state index contributed by atoms with van der Waals surface area (Å²) in [4.78, 5) is 30.6. The standard InChI is InChI=1S/C18H21FN8O2/c1-11-8-12(16(21)28)13(19)9-14(11)24-18-23-10-15(27(2)26-29)17(25-18)22-7-5-3-4-6-20/h8-10H,3-5,7H2,1-2H3,(H2,21,28)(H2,22,23,24,25). The molecule has 0 saturated carbocycles. The van der Waals surface area contributed by atoms with Crippen molar-refractivity contribution >= 4 is 29.0 Å². The molecule has 0 fully saturated rings. The summed E-state index contributed by atoms with van der Waals surface area (Å²) in [6.45, 7) is 2.21. The van der Waals surface area contributed by atoms with Gasteiger partial charge in [0.15, 0.2) is 5.82 Å². The number of anilines is 4. The lowest BCUT2D eigenvalue weighted by Crippen LogP contribution is -2.15. The van der Waals surface area contributed by atoms with Crippen molar-refractivity contribution in [2.45, 2.75) is 26.2 Å². The summed E-state index contributed by atoms with van der Waals surface area (Å²) in [5.41, 5.74) is 6.24. The Labute approximate surface area is 166 Å². The summed E-state index contributed by atoms with van der Waals surface area (Å²) in [5.74, 6) is -1.11. The minimum Gasteiger partial charge on any atom is -0.368 e. The number of halogens is 1. The fourth-order valence-electron chi connectivity index (χ4n) is 2.51. The number of nitroso groups, excluding NO2 is 1. The number of amides is 1. The molecule has 1 aromatic heterocycles. The van der Waals surface area contributed by atoms with Crippen molar-refractivity contribution in [1.82, 2.24) is 9.97 Å². The summed E-state index contributed by atoms with van der Waals surface area (Å²) < 4.78 is 14.1. The molecule has 0 saturated heterocycles. The van der Waals surface area contributed by atoms with Crippen molar-refractivity contribution in [1.29, 1.82) is 5.26 Å². The number of nitriles is 1. The predicted molar refractivity (Wildman–Crippen MR) is 107 cm³/mol. The lowest BCUT2D eigenvalue weighted by molar-refractivity contribution is 0.0996. The molecule has 0 aliphatic heterocycles. The maximum absolute atomic E-state index is 14.1. The number of nitrogens with one attached hydrogen (secondary N) is 2. The first-order valence-electron chi connectivity index (χ1n) is 8.79. The number of primary amides is 1. The molecular weight excluding hydrogens is 379 g/mol. The lowest BCUT2D eigenvalue weighted by atomic mass is 10.1. The minimum atomic E-state index is -0.856. The van der Waals surface area contributed by atoms with Crippen LogP contribution in [0.1, 0.15) is 35.2 Å². The molecule has 0 spiro atoms. The van der Waals surface area contributed by atoms with Gasteiger partial charge in [-0.25, -0.2) is 14.4 Å². The number of benzene rings is 1. The van der Waals surface area contributed by atoms with E-state index in [-0.39, 0.29) is 11.5 Å². The molecule has 2 aromatic rings. The molecule has 0 unspecified atom stereocenters. The van der Waals surface area contributed by atoms with Gasteiger partial charge < -0.3 is 16.4 Å². The Morgan fingerprint density at radius 3 is 2.83 bits per heavy atom. The van der Waals surface area contributed by atoms with Crippen LogP contribution in [0.4, 0.5) is 27.5 Å². The maximum atomic E-state index is 14.1. The number of aromatic nitrogens is 2. The normalized spacial score (nSPS) is 10.1. The molecule has 0 aliphatic carbocycles. The van der Waals surface area contributed by atoms with E-state index in [0.29, 0.717) is 35.7 Å². The van der Waals surface area contributed by atoms with Gasteiger partial charge in [-0.1, -0.05) is 0 Å². The second-order valence-corrected chi connectivity index (χ2v) is 6.21. The van der Waals surface area contributed by atoms with Gasteiger partial charge in [0.25, 0.3) is 5.91 Å². The molecular formula is C18H21FN8O2. The first kappa shape index (κ1) is 21.5. The van der Waals surface area contributed by atoms with E-state index in [1.807, 2.05) is 0 Å². The van der Waals surface area contributed by atoms with Crippen LogP contribution in [-0.4, -0.2) is 29.5 Å². The molecule has 29 heavy (non-hydrogen) atoms. The number of rotatable bonds is 10. The molecule has 10 nitrogen and oxygen atoms in total. The Kier molecular flexibility index (Phi) is 7.36. The van der Waals surface area contributed by atoms with Crippen molar-refractivity contribution in [3.8, 4) is 6.07 Å². The second-order valence-electron chi connectivity index (χ2n) is 6.21. The first-order chi connectivity index (χ1) is 13.9. The molecule has 1 heterocycles. The molecule has 1 amide bonds. The quantitative estimate of drug-likeness (QED) is 0.313. The van der Waals surface area contributed by atoms with Crippen LogP contribution in [-0.2, 0) is 0 Å². The maximum Gasteiger partial charge on any atom is 0.251 e. The second kappa shape index (κ2) is 9.93. The topological polar surface area (TPSA) is 149 Å². The fraction of sp³-hybridized carbons (Fsp3) is 0.333.